The molecule has 3 N–H and O–H groups in total. The number of methoxy groups -OCH3 is 2. The number of amides is 2. The summed E-state index contributed by atoms with van der Waals surface area (Å²) in [6.07, 6.45) is 1.96. The number of nitrogens with one attached hydrogen (secondary N) is 3. The summed E-state index contributed by atoms with van der Waals surface area (Å²) < 4.78 is 10.4. The van der Waals surface area contributed by atoms with Gasteiger partial charge in [-0.25, -0.2) is 0 Å². The van der Waals surface area contributed by atoms with Crippen LogP contribution in [0.25, 0.3) is 0 Å². The number of carbonyl (C=O) groups is 2. The number of thioether (sulfide) groups is 1. The molecule has 0 saturated heterocycles. The van der Waals surface area contributed by atoms with Gasteiger partial charge in [0.2, 0.25) is 0 Å². The Hall–Kier alpha value is -2.71. The van der Waals surface area contributed by atoms with E-state index in [0.717, 1.165) is 15.5 Å². The van der Waals surface area contributed by atoms with Gasteiger partial charge in [-0.1, -0.05) is 12.1 Å². The maximum absolute atomic E-state index is 12.3. The number of para-hydroxylation sites is 1. The molecular weight excluding hydrogens is 378 g/mol. The monoisotopic (exact) mass is 404 g/mol. The van der Waals surface area contributed by atoms with Crippen molar-refractivity contribution in [3.05, 3.63) is 42.5 Å². The molecule has 0 fully saturated rings. The van der Waals surface area contributed by atoms with Gasteiger partial charge in [-0.05, 0) is 30.5 Å². The van der Waals surface area contributed by atoms with Gasteiger partial charge in [-0.15, -0.1) is 11.8 Å². The molecule has 8 heteroatoms. The zero-order valence-electron chi connectivity index (χ0n) is 16.5. The van der Waals surface area contributed by atoms with Crippen LogP contribution in [0.1, 0.15) is 0 Å². The zero-order valence-corrected chi connectivity index (χ0v) is 17.3. The Morgan fingerprint density at radius 2 is 1.61 bits per heavy atom. The summed E-state index contributed by atoms with van der Waals surface area (Å²) in [5.41, 5.74) is 1.39. The maximum Gasteiger partial charge on any atom is 0.279 e. The quantitative estimate of drug-likeness (QED) is 0.552. The van der Waals surface area contributed by atoms with E-state index in [2.05, 4.69) is 10.6 Å². The van der Waals surface area contributed by atoms with Crippen LogP contribution in [0.3, 0.4) is 0 Å². The molecule has 0 radical (unpaired) electrons. The highest BCUT2D eigenvalue weighted by Crippen LogP contribution is 2.29. The molecule has 28 heavy (non-hydrogen) atoms. The summed E-state index contributed by atoms with van der Waals surface area (Å²) in [5.74, 6) is 0.790. The standard InChI is InChI=1S/C20H25N3O4S/c1-23(13-20(25)22-15-7-5-6-8-18(15)28-4)12-19(24)21-14-9-10-16(26-2)17(11-14)27-3/h5-11H,12-13H2,1-4H3,(H,21,24)(H,22,25)/p+1. The van der Waals surface area contributed by atoms with Crippen molar-refractivity contribution in [2.45, 2.75) is 4.90 Å². The largest absolute Gasteiger partial charge is 0.493 e. The Morgan fingerprint density at radius 3 is 2.25 bits per heavy atom. The summed E-state index contributed by atoms with van der Waals surface area (Å²) in [5, 5.41) is 5.71. The first-order chi connectivity index (χ1) is 13.5. The van der Waals surface area contributed by atoms with Crippen LogP contribution in [0.2, 0.25) is 0 Å². The van der Waals surface area contributed by atoms with Gasteiger partial charge in [0.1, 0.15) is 0 Å². The Bertz CT molecular complexity index is 829. The van der Waals surface area contributed by atoms with Gasteiger partial charge >= 0.3 is 0 Å². The van der Waals surface area contributed by atoms with Crippen LogP contribution in [-0.4, -0.2) is 52.4 Å². The van der Waals surface area contributed by atoms with Gasteiger partial charge in [-0.3, -0.25) is 9.59 Å². The van der Waals surface area contributed by atoms with E-state index in [0.29, 0.717) is 17.2 Å². The molecule has 0 aliphatic heterocycles. The van der Waals surface area contributed by atoms with Crippen molar-refractivity contribution < 1.29 is 24.0 Å². The Balaban J connectivity index is 1.87. The third kappa shape index (κ3) is 6.17. The lowest BCUT2D eigenvalue weighted by molar-refractivity contribution is -0.862. The van der Waals surface area contributed by atoms with Crippen molar-refractivity contribution in [1.82, 2.24) is 0 Å². The highest BCUT2D eigenvalue weighted by Gasteiger charge is 2.16. The fourth-order valence-corrected chi connectivity index (χ4v) is 3.23. The molecule has 150 valence electrons. The van der Waals surface area contributed by atoms with Gasteiger partial charge < -0.3 is 25.0 Å². The highest BCUT2D eigenvalue weighted by molar-refractivity contribution is 7.98. The third-order valence-corrected chi connectivity index (χ3v) is 4.77. The van der Waals surface area contributed by atoms with E-state index in [4.69, 9.17) is 9.47 Å². The fourth-order valence-electron chi connectivity index (χ4n) is 2.67. The maximum atomic E-state index is 12.3. The number of benzene rings is 2. The first-order valence-electron chi connectivity index (χ1n) is 8.72. The smallest absolute Gasteiger partial charge is 0.279 e. The van der Waals surface area contributed by atoms with Crippen LogP contribution in [0.15, 0.2) is 47.4 Å². The lowest BCUT2D eigenvalue weighted by atomic mass is 10.2. The zero-order chi connectivity index (χ0) is 20.5. The van der Waals surface area contributed by atoms with Crippen LogP contribution in [0, 0.1) is 0 Å². The molecule has 2 aromatic carbocycles. The SMILES string of the molecule is COc1ccc(NC(=O)C[NH+](C)CC(=O)Nc2ccccc2SC)cc1OC. The summed E-state index contributed by atoms with van der Waals surface area (Å²) in [6, 6.07) is 12.8. The highest BCUT2D eigenvalue weighted by atomic mass is 32.2. The van der Waals surface area contributed by atoms with E-state index >= 15 is 0 Å². The number of carbonyl (C=O) groups excluding carboxylic acids is 2. The number of rotatable bonds is 9. The van der Waals surface area contributed by atoms with Crippen LogP contribution in [-0.2, 0) is 9.59 Å². The molecular formula is C20H26N3O4S+. The molecule has 1 atom stereocenters. The average molecular weight is 405 g/mol. The molecule has 0 spiro atoms. The molecule has 7 nitrogen and oxygen atoms in total. The van der Waals surface area contributed by atoms with Crippen molar-refractivity contribution >= 4 is 35.0 Å². The van der Waals surface area contributed by atoms with Crippen molar-refractivity contribution in [3.63, 3.8) is 0 Å². The second-order valence-electron chi connectivity index (χ2n) is 6.18. The second-order valence-corrected chi connectivity index (χ2v) is 7.03. The number of likely N-dealkylation sites (N-methyl/N-ethyl adjacent to an activating group) is 1. The van der Waals surface area contributed by atoms with Crippen LogP contribution in [0.4, 0.5) is 11.4 Å². The summed E-state index contributed by atoms with van der Waals surface area (Å²) in [6.45, 7) is 0.341. The van der Waals surface area contributed by atoms with Crippen LogP contribution < -0.4 is 25.0 Å². The molecule has 0 bridgehead atoms. The second kappa shape index (κ2) is 10.6. The lowest BCUT2D eigenvalue weighted by Crippen LogP contribution is -3.11. The molecule has 0 heterocycles. The van der Waals surface area contributed by atoms with E-state index in [1.165, 1.54) is 7.11 Å². The van der Waals surface area contributed by atoms with Crippen molar-refractivity contribution in [3.8, 4) is 11.5 Å². The van der Waals surface area contributed by atoms with E-state index in [-0.39, 0.29) is 24.9 Å². The fraction of sp³-hybridized carbons (Fsp3) is 0.300. The summed E-state index contributed by atoms with van der Waals surface area (Å²) in [7, 11) is 4.89. The van der Waals surface area contributed by atoms with E-state index in [1.807, 2.05) is 30.5 Å². The van der Waals surface area contributed by atoms with Gasteiger partial charge in [0.15, 0.2) is 24.6 Å². The third-order valence-electron chi connectivity index (χ3n) is 3.97. The molecule has 0 aliphatic carbocycles. The first-order valence-corrected chi connectivity index (χ1v) is 9.95. The average Bonchev–Trinajstić information content (AvgIpc) is 2.67. The number of quaternary nitrogens is 1. The Morgan fingerprint density at radius 1 is 0.964 bits per heavy atom. The van der Waals surface area contributed by atoms with Crippen molar-refractivity contribution in [2.24, 2.45) is 0 Å². The summed E-state index contributed by atoms with van der Waals surface area (Å²) >= 11 is 1.57. The Kier molecular flexibility index (Phi) is 8.16. The summed E-state index contributed by atoms with van der Waals surface area (Å²) in [4.78, 5) is 26.3. The minimum atomic E-state index is -0.193. The van der Waals surface area contributed by atoms with Gasteiger partial charge in [0.25, 0.3) is 11.8 Å². The predicted molar refractivity (Wildman–Crippen MR) is 112 cm³/mol. The van der Waals surface area contributed by atoms with Crippen LogP contribution in [0.5, 0.6) is 11.5 Å². The number of hydrogen-bond acceptors (Lipinski definition) is 5. The van der Waals surface area contributed by atoms with Gasteiger partial charge in [0.05, 0.1) is 27.0 Å². The molecule has 0 aromatic heterocycles. The first kappa shape index (κ1) is 21.6. The molecule has 2 aromatic rings. The Labute approximate surface area is 169 Å². The minimum Gasteiger partial charge on any atom is -0.493 e. The van der Waals surface area contributed by atoms with Crippen molar-refractivity contribution in [2.75, 3.05) is 51.2 Å². The van der Waals surface area contributed by atoms with E-state index in [1.54, 1.807) is 44.1 Å². The molecule has 0 aliphatic rings. The molecule has 0 saturated carbocycles. The number of anilines is 2. The molecule has 2 amide bonds. The van der Waals surface area contributed by atoms with E-state index in [9.17, 15) is 9.59 Å². The van der Waals surface area contributed by atoms with E-state index < -0.39 is 0 Å². The van der Waals surface area contributed by atoms with Crippen molar-refractivity contribution in [1.29, 1.82) is 0 Å². The topological polar surface area (TPSA) is 81.1 Å². The van der Waals surface area contributed by atoms with Gasteiger partial charge in [-0.2, -0.15) is 0 Å². The van der Waals surface area contributed by atoms with Crippen LogP contribution >= 0.6 is 11.8 Å². The molecule has 1 unspecified atom stereocenters. The van der Waals surface area contributed by atoms with Gasteiger partial charge in [0, 0.05) is 16.6 Å². The lowest BCUT2D eigenvalue weighted by Gasteiger charge is -2.15. The number of hydrogen-bond donors (Lipinski definition) is 3. The molecule has 2 rings (SSSR count). The normalized spacial score (nSPS) is 11.4. The number of ether oxygens (including phenoxy) is 2. The predicted octanol–water partition coefficient (Wildman–Crippen LogP) is 1.52. The minimum absolute atomic E-state index is 0.141.